The van der Waals surface area contributed by atoms with Crippen molar-refractivity contribution in [1.82, 2.24) is 0 Å². The van der Waals surface area contributed by atoms with Gasteiger partial charge >= 0.3 is 0 Å². The zero-order valence-corrected chi connectivity index (χ0v) is 20.5. The average molecular weight is 465 g/mol. The minimum absolute atomic E-state index is 0.308. The molecule has 0 atom stereocenters. The van der Waals surface area contributed by atoms with Crippen LogP contribution in [0.3, 0.4) is 0 Å². The Morgan fingerprint density at radius 3 is 2.06 bits per heavy atom. The third-order valence-electron chi connectivity index (χ3n) is 5.14. The summed E-state index contributed by atoms with van der Waals surface area (Å²) in [7, 11) is 7.82. The van der Waals surface area contributed by atoms with Crippen molar-refractivity contribution >= 4 is 17.4 Å². The highest BCUT2D eigenvalue weighted by Gasteiger charge is 2.18. The maximum atomic E-state index is 10.0. The van der Waals surface area contributed by atoms with Gasteiger partial charge < -0.3 is 23.7 Å². The van der Waals surface area contributed by atoms with Crippen LogP contribution in [0.5, 0.6) is 28.7 Å². The second-order valence-electron chi connectivity index (χ2n) is 7.21. The van der Waals surface area contributed by atoms with Gasteiger partial charge in [0, 0.05) is 12.1 Å². The molecule has 0 aliphatic carbocycles. The predicted octanol–water partition coefficient (Wildman–Crippen LogP) is 5.59. The molecule has 0 fully saturated rings. The van der Waals surface area contributed by atoms with Crippen molar-refractivity contribution < 1.29 is 23.7 Å². The summed E-state index contributed by atoms with van der Waals surface area (Å²) in [6.45, 7) is 4.28. The summed E-state index contributed by atoms with van der Waals surface area (Å²) in [5.74, 6) is 2.64. The van der Waals surface area contributed by atoms with Crippen LogP contribution in [0.1, 0.15) is 30.4 Å². The highest BCUT2D eigenvalue weighted by atomic mass is 16.5. The number of ether oxygens (including phenoxy) is 5. The normalized spacial score (nSPS) is 11.4. The van der Waals surface area contributed by atoms with Gasteiger partial charge in [0.05, 0.1) is 35.5 Å². The summed E-state index contributed by atoms with van der Waals surface area (Å²) < 4.78 is 27.3. The molecule has 180 valence electrons. The Labute approximate surface area is 201 Å². The summed E-state index contributed by atoms with van der Waals surface area (Å²) in [5, 5.41) is 10.0. The molecule has 0 amide bonds. The smallest absolute Gasteiger partial charge is 0.203 e. The van der Waals surface area contributed by atoms with Crippen LogP contribution in [-0.4, -0.2) is 47.8 Å². The highest BCUT2D eigenvalue weighted by molar-refractivity contribution is 6.34. The van der Waals surface area contributed by atoms with Gasteiger partial charge in [0.2, 0.25) is 5.75 Å². The van der Waals surface area contributed by atoms with Crippen LogP contribution >= 0.6 is 0 Å². The van der Waals surface area contributed by atoms with Crippen molar-refractivity contribution in [1.29, 1.82) is 5.26 Å². The maximum absolute atomic E-state index is 10.0. The summed E-state index contributed by atoms with van der Waals surface area (Å²) in [5.41, 5.74) is 2.45. The zero-order chi connectivity index (χ0) is 24.9. The number of allylic oxidation sites excluding steroid dienone is 2. The Balaban J connectivity index is 2.67. The Kier molecular flexibility index (Phi) is 10.5. The number of benzene rings is 2. The van der Waals surface area contributed by atoms with Crippen molar-refractivity contribution in [2.24, 2.45) is 4.99 Å². The van der Waals surface area contributed by atoms with Crippen molar-refractivity contribution in [3.8, 4) is 34.8 Å². The second-order valence-corrected chi connectivity index (χ2v) is 7.21. The molecule has 0 aliphatic heterocycles. The van der Waals surface area contributed by atoms with Crippen LogP contribution in [-0.2, 0) is 0 Å². The van der Waals surface area contributed by atoms with Crippen LogP contribution in [0.4, 0.5) is 0 Å². The molecule has 34 heavy (non-hydrogen) atoms. The summed E-state index contributed by atoms with van der Waals surface area (Å²) in [6.07, 6.45) is 6.50. The van der Waals surface area contributed by atoms with Crippen LogP contribution in [0, 0.1) is 11.3 Å². The van der Waals surface area contributed by atoms with Crippen molar-refractivity contribution in [2.75, 3.05) is 42.1 Å². The van der Waals surface area contributed by atoms with Crippen LogP contribution in [0.15, 0.2) is 48.0 Å². The molecule has 0 heterocycles. The lowest BCUT2D eigenvalue weighted by Gasteiger charge is -2.16. The van der Waals surface area contributed by atoms with E-state index in [1.165, 1.54) is 0 Å². The number of unbranched alkanes of at least 4 members (excludes halogenated alkanes) is 2. The molecule has 7 heteroatoms. The first-order valence-corrected chi connectivity index (χ1v) is 10.9. The molecule has 0 N–H and O–H groups in total. The molecule has 0 bridgehead atoms. The number of hydrogen-bond donors (Lipinski definition) is 0. The lowest BCUT2D eigenvalue weighted by Crippen LogP contribution is -2.04. The van der Waals surface area contributed by atoms with Gasteiger partial charge in [0.15, 0.2) is 23.0 Å². The van der Waals surface area contributed by atoms with E-state index in [2.05, 4.69) is 17.6 Å². The van der Waals surface area contributed by atoms with Gasteiger partial charge in [-0.1, -0.05) is 12.1 Å². The number of nitriles is 1. The number of methoxy groups -OCH3 is 5. The fourth-order valence-corrected chi connectivity index (χ4v) is 3.41. The van der Waals surface area contributed by atoms with E-state index in [4.69, 9.17) is 23.7 Å². The van der Waals surface area contributed by atoms with E-state index in [-0.39, 0.29) is 0 Å². The first kappa shape index (κ1) is 26.3. The van der Waals surface area contributed by atoms with E-state index in [9.17, 15) is 5.26 Å². The first-order chi connectivity index (χ1) is 16.6. The van der Waals surface area contributed by atoms with Gasteiger partial charge in [-0.25, -0.2) is 0 Å². The van der Waals surface area contributed by atoms with Crippen LogP contribution in [0.25, 0.3) is 11.6 Å². The number of rotatable bonds is 13. The SMILES string of the molecule is C=CCCCCN=C(C#N)/C(=C/c1ccc(OC)c(OC)c1)c1cc(OC)c(OC)c(OC)c1. The highest BCUT2D eigenvalue weighted by Crippen LogP contribution is 2.40. The molecule has 0 radical (unpaired) electrons. The molecule has 0 aromatic heterocycles. The Morgan fingerprint density at radius 2 is 1.53 bits per heavy atom. The molecule has 0 saturated carbocycles. The largest absolute Gasteiger partial charge is 0.493 e. The third kappa shape index (κ3) is 6.55. The number of aliphatic imine (C=N–C) groups is 1. The quantitative estimate of drug-likeness (QED) is 0.166. The van der Waals surface area contributed by atoms with E-state index in [0.29, 0.717) is 52.1 Å². The second kappa shape index (κ2) is 13.6. The predicted molar refractivity (Wildman–Crippen MR) is 135 cm³/mol. The Bertz CT molecular complexity index is 1060. The van der Waals surface area contributed by atoms with Crippen molar-refractivity contribution in [3.05, 3.63) is 54.1 Å². The zero-order valence-electron chi connectivity index (χ0n) is 20.5. The number of hydrogen-bond acceptors (Lipinski definition) is 7. The topological polar surface area (TPSA) is 82.3 Å². The van der Waals surface area contributed by atoms with Gasteiger partial charge in [0.1, 0.15) is 11.8 Å². The van der Waals surface area contributed by atoms with E-state index in [1.807, 2.05) is 30.4 Å². The summed E-state index contributed by atoms with van der Waals surface area (Å²) in [6, 6.07) is 11.4. The van der Waals surface area contributed by atoms with Gasteiger partial charge in [-0.3, -0.25) is 4.99 Å². The van der Waals surface area contributed by atoms with Gasteiger partial charge in [-0.2, -0.15) is 5.26 Å². The minimum Gasteiger partial charge on any atom is -0.493 e. The molecule has 0 aliphatic rings. The minimum atomic E-state index is 0.308. The molecule has 0 unspecified atom stereocenters. The molecular formula is C27H32N2O5. The van der Waals surface area contributed by atoms with Gasteiger partial charge in [-0.05, 0) is 60.7 Å². The number of nitrogens with zero attached hydrogens (tertiary/aromatic N) is 2. The Morgan fingerprint density at radius 1 is 0.882 bits per heavy atom. The van der Waals surface area contributed by atoms with Gasteiger partial charge in [-0.15, -0.1) is 6.58 Å². The van der Waals surface area contributed by atoms with Crippen LogP contribution in [0.2, 0.25) is 0 Å². The van der Waals surface area contributed by atoms with Crippen LogP contribution < -0.4 is 23.7 Å². The lowest BCUT2D eigenvalue weighted by atomic mass is 9.97. The molecule has 2 aromatic carbocycles. The maximum Gasteiger partial charge on any atom is 0.203 e. The third-order valence-corrected chi connectivity index (χ3v) is 5.14. The van der Waals surface area contributed by atoms with E-state index >= 15 is 0 Å². The standard InChI is InChI=1S/C27H32N2O5/c1-7-8-9-10-13-29-22(18-28)21(14-19-11-12-23(30-2)24(15-19)31-3)20-16-25(32-4)27(34-6)26(17-20)33-5/h7,11-12,14-17H,1,8-10,13H2,2-6H3/b21-14+,29-22?. The molecule has 0 spiro atoms. The van der Waals surface area contributed by atoms with Gasteiger partial charge in [0.25, 0.3) is 0 Å². The fraction of sp³-hybridized carbons (Fsp3) is 0.333. The lowest BCUT2D eigenvalue weighted by molar-refractivity contribution is 0.324. The fourth-order valence-electron chi connectivity index (χ4n) is 3.41. The van der Waals surface area contributed by atoms with Crippen molar-refractivity contribution in [2.45, 2.75) is 19.3 Å². The average Bonchev–Trinajstić information content (AvgIpc) is 2.88. The summed E-state index contributed by atoms with van der Waals surface area (Å²) in [4.78, 5) is 4.60. The van der Waals surface area contributed by atoms with E-state index in [0.717, 1.165) is 24.8 Å². The molecule has 2 rings (SSSR count). The summed E-state index contributed by atoms with van der Waals surface area (Å²) >= 11 is 0. The van der Waals surface area contributed by atoms with Crippen molar-refractivity contribution in [3.63, 3.8) is 0 Å². The molecule has 2 aromatic rings. The molecule has 7 nitrogen and oxygen atoms in total. The molecular weight excluding hydrogens is 432 g/mol. The molecule has 0 saturated heterocycles. The van der Waals surface area contributed by atoms with E-state index < -0.39 is 0 Å². The van der Waals surface area contributed by atoms with E-state index in [1.54, 1.807) is 47.7 Å². The first-order valence-electron chi connectivity index (χ1n) is 10.9. The Hall–Kier alpha value is -3.92. The monoisotopic (exact) mass is 464 g/mol.